The summed E-state index contributed by atoms with van der Waals surface area (Å²) < 4.78 is 5.86. The molecule has 1 amide bonds. The Labute approximate surface area is 147 Å². The molecule has 1 N–H and O–H groups in total. The fourth-order valence-corrected chi connectivity index (χ4v) is 3.26. The Morgan fingerprint density at radius 2 is 2.00 bits per heavy atom. The quantitative estimate of drug-likeness (QED) is 0.903. The number of benzene rings is 1. The van der Waals surface area contributed by atoms with E-state index in [9.17, 15) is 9.59 Å². The number of likely N-dealkylation sites (N-methyl/N-ethyl adjacent to an activating group) is 1. The molecular formula is C19H24N2O4. The smallest absolute Gasteiger partial charge is 0.306 e. The molecule has 134 valence electrons. The number of likely N-dealkylation sites (tertiary alicyclic amines) is 1. The molecule has 25 heavy (non-hydrogen) atoms. The lowest BCUT2D eigenvalue weighted by atomic mass is 9.97. The fraction of sp³-hybridized carbons (Fsp3) is 0.474. The van der Waals surface area contributed by atoms with Crippen LogP contribution in [0, 0.1) is 5.92 Å². The number of amides is 1. The summed E-state index contributed by atoms with van der Waals surface area (Å²) in [4.78, 5) is 27.3. The molecule has 1 saturated heterocycles. The fourth-order valence-electron chi connectivity index (χ4n) is 3.26. The van der Waals surface area contributed by atoms with Gasteiger partial charge in [0.2, 0.25) is 5.91 Å². The first kappa shape index (κ1) is 17.5. The Bertz CT molecular complexity index is 729. The molecule has 1 atom stereocenters. The van der Waals surface area contributed by atoms with Crippen molar-refractivity contribution in [2.24, 2.45) is 5.92 Å². The lowest BCUT2D eigenvalue weighted by molar-refractivity contribution is -0.143. The summed E-state index contributed by atoms with van der Waals surface area (Å²) in [7, 11) is 1.78. The number of nitrogens with zero attached hydrogens (tertiary/aromatic N) is 2. The number of aliphatic carboxylic acids is 1. The molecule has 1 aromatic carbocycles. The number of carboxylic acids is 1. The van der Waals surface area contributed by atoms with Crippen molar-refractivity contribution >= 4 is 22.8 Å². The number of furan rings is 1. The Morgan fingerprint density at radius 3 is 2.64 bits per heavy atom. The summed E-state index contributed by atoms with van der Waals surface area (Å²) in [6.45, 7) is 3.56. The van der Waals surface area contributed by atoms with Gasteiger partial charge < -0.3 is 14.4 Å². The zero-order valence-electron chi connectivity index (χ0n) is 14.6. The molecular weight excluding hydrogens is 320 g/mol. The summed E-state index contributed by atoms with van der Waals surface area (Å²) in [6, 6.07) is 9.61. The number of hydrogen-bond donors (Lipinski definition) is 1. The number of piperidine rings is 1. The third-order valence-electron chi connectivity index (χ3n) is 5.13. The number of carboxylic acid groups (broad SMARTS) is 1. The van der Waals surface area contributed by atoms with Crippen LogP contribution in [-0.4, -0.2) is 53.5 Å². The van der Waals surface area contributed by atoms with Crippen molar-refractivity contribution < 1.29 is 19.1 Å². The Kier molecular flexibility index (Phi) is 5.08. The van der Waals surface area contributed by atoms with Gasteiger partial charge in [0.25, 0.3) is 0 Å². The van der Waals surface area contributed by atoms with Gasteiger partial charge in [-0.3, -0.25) is 14.5 Å². The lowest BCUT2D eigenvalue weighted by Crippen LogP contribution is -2.43. The minimum absolute atomic E-state index is 0.0155. The molecule has 0 spiro atoms. The van der Waals surface area contributed by atoms with Crippen LogP contribution >= 0.6 is 0 Å². The van der Waals surface area contributed by atoms with Gasteiger partial charge in [-0.2, -0.15) is 0 Å². The third kappa shape index (κ3) is 3.85. The van der Waals surface area contributed by atoms with Crippen molar-refractivity contribution in [2.75, 3.05) is 26.7 Å². The first-order chi connectivity index (χ1) is 12.0. The van der Waals surface area contributed by atoms with Crippen LogP contribution < -0.4 is 0 Å². The third-order valence-corrected chi connectivity index (χ3v) is 5.13. The Morgan fingerprint density at radius 1 is 1.32 bits per heavy atom. The summed E-state index contributed by atoms with van der Waals surface area (Å²) in [5.74, 6) is -0.233. The second kappa shape index (κ2) is 7.27. The Hall–Kier alpha value is -2.34. The van der Waals surface area contributed by atoms with Crippen LogP contribution in [0.5, 0.6) is 0 Å². The summed E-state index contributed by atoms with van der Waals surface area (Å²) >= 11 is 0. The van der Waals surface area contributed by atoms with Gasteiger partial charge in [-0.25, -0.2) is 0 Å². The SMILES string of the molecule is CC(c1cc2ccccc2o1)N(C)C(=O)CN1CCC(C(=O)O)CC1. The standard InChI is InChI=1S/C19H24N2O4/c1-13(17-11-15-5-3-4-6-16(15)25-17)20(2)18(22)12-21-9-7-14(8-10-21)19(23)24/h3-6,11,13-14H,7-10,12H2,1-2H3,(H,23,24). The largest absolute Gasteiger partial charge is 0.481 e. The second-order valence-corrected chi connectivity index (χ2v) is 6.76. The average molecular weight is 344 g/mol. The Balaban J connectivity index is 1.59. The van der Waals surface area contributed by atoms with E-state index < -0.39 is 5.97 Å². The number of carbonyl (C=O) groups excluding carboxylic acids is 1. The molecule has 2 heterocycles. The molecule has 1 aromatic heterocycles. The van der Waals surface area contributed by atoms with Gasteiger partial charge in [0.1, 0.15) is 11.3 Å². The van der Waals surface area contributed by atoms with E-state index in [1.165, 1.54) is 0 Å². The minimum Gasteiger partial charge on any atom is -0.481 e. The number of carbonyl (C=O) groups is 2. The van der Waals surface area contributed by atoms with Crippen LogP contribution in [0.4, 0.5) is 0 Å². The maximum Gasteiger partial charge on any atom is 0.306 e. The molecule has 6 heteroatoms. The normalized spacial score (nSPS) is 17.5. The van der Waals surface area contributed by atoms with Gasteiger partial charge in [-0.1, -0.05) is 18.2 Å². The molecule has 1 aliphatic rings. The van der Waals surface area contributed by atoms with Crippen LogP contribution in [0.1, 0.15) is 31.6 Å². The van der Waals surface area contributed by atoms with Gasteiger partial charge in [-0.15, -0.1) is 0 Å². The van der Waals surface area contributed by atoms with Crippen molar-refractivity contribution in [2.45, 2.75) is 25.8 Å². The van der Waals surface area contributed by atoms with Crippen molar-refractivity contribution in [1.82, 2.24) is 9.80 Å². The van der Waals surface area contributed by atoms with E-state index >= 15 is 0 Å². The predicted molar refractivity (Wildman–Crippen MR) is 94.2 cm³/mol. The van der Waals surface area contributed by atoms with E-state index in [1.807, 2.05) is 42.2 Å². The number of para-hydroxylation sites is 1. The molecule has 0 radical (unpaired) electrons. The van der Waals surface area contributed by atoms with Gasteiger partial charge in [0.15, 0.2) is 0 Å². The molecule has 1 aliphatic heterocycles. The van der Waals surface area contributed by atoms with Crippen LogP contribution in [0.3, 0.4) is 0 Å². The zero-order valence-corrected chi connectivity index (χ0v) is 14.6. The molecule has 0 bridgehead atoms. The van der Waals surface area contributed by atoms with Crippen LogP contribution in [0.2, 0.25) is 0 Å². The van der Waals surface area contributed by atoms with E-state index in [2.05, 4.69) is 0 Å². The first-order valence-electron chi connectivity index (χ1n) is 8.65. The van der Waals surface area contributed by atoms with Crippen LogP contribution in [0.15, 0.2) is 34.7 Å². The van der Waals surface area contributed by atoms with Crippen LogP contribution in [-0.2, 0) is 9.59 Å². The van der Waals surface area contributed by atoms with E-state index in [0.29, 0.717) is 32.5 Å². The van der Waals surface area contributed by atoms with Gasteiger partial charge in [0, 0.05) is 12.4 Å². The number of hydrogen-bond acceptors (Lipinski definition) is 4. The van der Waals surface area contributed by atoms with E-state index in [4.69, 9.17) is 9.52 Å². The molecule has 2 aromatic rings. The van der Waals surface area contributed by atoms with Gasteiger partial charge >= 0.3 is 5.97 Å². The highest BCUT2D eigenvalue weighted by molar-refractivity contribution is 5.80. The number of rotatable bonds is 5. The number of fused-ring (bicyclic) bond motifs is 1. The van der Waals surface area contributed by atoms with Crippen LogP contribution in [0.25, 0.3) is 11.0 Å². The monoisotopic (exact) mass is 344 g/mol. The highest BCUT2D eigenvalue weighted by atomic mass is 16.4. The molecule has 1 fully saturated rings. The molecule has 3 rings (SSSR count). The molecule has 1 unspecified atom stereocenters. The van der Waals surface area contributed by atoms with Crippen molar-refractivity contribution in [3.8, 4) is 0 Å². The highest BCUT2D eigenvalue weighted by Gasteiger charge is 2.27. The topological polar surface area (TPSA) is 74.0 Å². The summed E-state index contributed by atoms with van der Waals surface area (Å²) in [6.07, 6.45) is 1.21. The van der Waals surface area contributed by atoms with Crippen molar-refractivity contribution in [3.63, 3.8) is 0 Å². The first-order valence-corrected chi connectivity index (χ1v) is 8.65. The average Bonchev–Trinajstić information content (AvgIpc) is 3.05. The maximum absolute atomic E-state index is 12.6. The molecule has 0 saturated carbocycles. The van der Waals surface area contributed by atoms with E-state index in [1.54, 1.807) is 11.9 Å². The minimum atomic E-state index is -0.735. The lowest BCUT2D eigenvalue weighted by Gasteiger charge is -2.32. The van der Waals surface area contributed by atoms with Crippen molar-refractivity contribution in [3.05, 3.63) is 36.1 Å². The van der Waals surface area contributed by atoms with Gasteiger partial charge in [-0.05, 0) is 45.0 Å². The second-order valence-electron chi connectivity index (χ2n) is 6.76. The molecule has 6 nitrogen and oxygen atoms in total. The van der Waals surface area contributed by atoms with Gasteiger partial charge in [0.05, 0.1) is 18.5 Å². The predicted octanol–water partition coefficient (Wildman–Crippen LogP) is 2.75. The highest BCUT2D eigenvalue weighted by Crippen LogP contribution is 2.27. The summed E-state index contributed by atoms with van der Waals surface area (Å²) in [5, 5.41) is 10.1. The maximum atomic E-state index is 12.6. The zero-order chi connectivity index (χ0) is 18.0. The van der Waals surface area contributed by atoms with E-state index in [-0.39, 0.29) is 17.9 Å². The van der Waals surface area contributed by atoms with Crippen molar-refractivity contribution in [1.29, 1.82) is 0 Å². The molecule has 0 aliphatic carbocycles. The summed E-state index contributed by atoms with van der Waals surface area (Å²) in [5.41, 5.74) is 0.820. The van der Waals surface area contributed by atoms with E-state index in [0.717, 1.165) is 16.7 Å².